The Morgan fingerprint density at radius 1 is 1.41 bits per heavy atom. The Kier molecular flexibility index (Phi) is 3.23. The zero-order valence-electron chi connectivity index (χ0n) is 9.37. The first-order valence-electron chi connectivity index (χ1n) is 5.34. The van der Waals surface area contributed by atoms with Gasteiger partial charge in [-0.2, -0.15) is 0 Å². The van der Waals surface area contributed by atoms with E-state index >= 15 is 0 Å². The van der Waals surface area contributed by atoms with Gasteiger partial charge in [0.15, 0.2) is 0 Å². The predicted molar refractivity (Wildman–Crippen MR) is 61.5 cm³/mol. The van der Waals surface area contributed by atoms with Gasteiger partial charge in [-0.05, 0) is 24.6 Å². The number of carbonyl (C=O) groups is 1. The van der Waals surface area contributed by atoms with Gasteiger partial charge in [0.2, 0.25) is 0 Å². The van der Waals surface area contributed by atoms with Crippen LogP contribution in [0.15, 0.2) is 36.5 Å². The Labute approximate surface area is 98.2 Å². The number of benzene rings is 1. The molecule has 0 unspecified atom stereocenters. The molecular weight excluding hydrogens is 221 g/mol. The summed E-state index contributed by atoms with van der Waals surface area (Å²) in [6.45, 7) is 1.98. The van der Waals surface area contributed by atoms with Crippen LogP contribution >= 0.6 is 0 Å². The van der Waals surface area contributed by atoms with Crippen LogP contribution < -0.4 is 4.74 Å². The smallest absolute Gasteiger partial charge is 0.345 e. The number of rotatable bonds is 3. The van der Waals surface area contributed by atoms with Crippen LogP contribution in [0.5, 0.6) is 5.75 Å². The summed E-state index contributed by atoms with van der Waals surface area (Å²) in [7, 11) is 0. The van der Waals surface area contributed by atoms with Gasteiger partial charge in [0.25, 0.3) is 0 Å². The number of aromatic amines is 1. The third-order valence-electron chi connectivity index (χ3n) is 2.37. The SMILES string of the molecule is CCc1cc(C(=O)Oc2cccc(F)c2)c[nH]1. The number of halogens is 1. The molecule has 0 spiro atoms. The minimum atomic E-state index is -0.494. The van der Waals surface area contributed by atoms with Crippen molar-refractivity contribution in [3.05, 3.63) is 53.6 Å². The molecule has 0 fully saturated rings. The van der Waals surface area contributed by atoms with Gasteiger partial charge < -0.3 is 9.72 Å². The topological polar surface area (TPSA) is 42.1 Å². The second-order valence-electron chi connectivity index (χ2n) is 3.61. The van der Waals surface area contributed by atoms with Crippen LogP contribution in [0.2, 0.25) is 0 Å². The summed E-state index contributed by atoms with van der Waals surface area (Å²) in [5.74, 6) is -0.723. The maximum atomic E-state index is 12.9. The van der Waals surface area contributed by atoms with E-state index in [0.29, 0.717) is 5.56 Å². The largest absolute Gasteiger partial charge is 0.423 e. The molecule has 17 heavy (non-hydrogen) atoms. The number of nitrogens with one attached hydrogen (secondary N) is 1. The molecule has 0 bridgehead atoms. The summed E-state index contributed by atoms with van der Waals surface area (Å²) in [4.78, 5) is 14.6. The molecule has 0 saturated heterocycles. The van der Waals surface area contributed by atoms with E-state index in [-0.39, 0.29) is 5.75 Å². The van der Waals surface area contributed by atoms with E-state index in [1.807, 2.05) is 6.92 Å². The molecule has 2 rings (SSSR count). The highest BCUT2D eigenvalue weighted by Crippen LogP contribution is 2.14. The van der Waals surface area contributed by atoms with Crippen LogP contribution in [0, 0.1) is 5.82 Å². The van der Waals surface area contributed by atoms with Crippen molar-refractivity contribution in [1.29, 1.82) is 0 Å². The van der Waals surface area contributed by atoms with Gasteiger partial charge in [0, 0.05) is 18.0 Å². The molecule has 0 aliphatic rings. The average molecular weight is 233 g/mol. The lowest BCUT2D eigenvalue weighted by Crippen LogP contribution is -2.07. The Morgan fingerprint density at radius 3 is 2.88 bits per heavy atom. The minimum Gasteiger partial charge on any atom is -0.423 e. The average Bonchev–Trinajstić information content (AvgIpc) is 2.77. The third kappa shape index (κ3) is 2.72. The van der Waals surface area contributed by atoms with Crippen molar-refractivity contribution in [1.82, 2.24) is 4.98 Å². The van der Waals surface area contributed by atoms with Crippen molar-refractivity contribution >= 4 is 5.97 Å². The molecule has 0 aliphatic carbocycles. The molecule has 1 N–H and O–H groups in total. The van der Waals surface area contributed by atoms with Crippen molar-refractivity contribution in [2.75, 3.05) is 0 Å². The monoisotopic (exact) mass is 233 g/mol. The molecule has 0 saturated carbocycles. The molecule has 88 valence electrons. The number of H-pyrrole nitrogens is 1. The lowest BCUT2D eigenvalue weighted by Gasteiger charge is -2.01. The van der Waals surface area contributed by atoms with Crippen LogP contribution in [-0.4, -0.2) is 11.0 Å². The van der Waals surface area contributed by atoms with Crippen molar-refractivity contribution in [3.8, 4) is 5.75 Å². The van der Waals surface area contributed by atoms with Crippen molar-refractivity contribution < 1.29 is 13.9 Å². The molecule has 1 heterocycles. The standard InChI is InChI=1S/C13H12FNO2/c1-2-11-6-9(8-15-11)13(16)17-12-5-3-4-10(14)7-12/h3-8,15H,2H2,1H3. The number of carbonyl (C=O) groups excluding carboxylic acids is 1. The molecule has 0 aliphatic heterocycles. The summed E-state index contributed by atoms with van der Waals surface area (Å²) in [5.41, 5.74) is 1.39. The van der Waals surface area contributed by atoms with Crippen LogP contribution in [0.4, 0.5) is 4.39 Å². The van der Waals surface area contributed by atoms with E-state index in [1.54, 1.807) is 12.3 Å². The van der Waals surface area contributed by atoms with Crippen molar-refractivity contribution in [2.45, 2.75) is 13.3 Å². The van der Waals surface area contributed by atoms with E-state index < -0.39 is 11.8 Å². The van der Waals surface area contributed by atoms with Crippen LogP contribution in [0.1, 0.15) is 23.0 Å². The molecule has 1 aromatic carbocycles. The van der Waals surface area contributed by atoms with E-state index in [1.165, 1.54) is 24.3 Å². The molecule has 3 nitrogen and oxygen atoms in total. The first kappa shape index (κ1) is 11.4. The summed E-state index contributed by atoms with van der Waals surface area (Å²) in [5, 5.41) is 0. The summed E-state index contributed by atoms with van der Waals surface area (Å²) in [6.07, 6.45) is 2.40. The Balaban J connectivity index is 2.11. The molecule has 2 aromatic rings. The van der Waals surface area contributed by atoms with Gasteiger partial charge in [-0.25, -0.2) is 9.18 Å². The van der Waals surface area contributed by atoms with Gasteiger partial charge in [0.1, 0.15) is 11.6 Å². The number of hydrogen-bond acceptors (Lipinski definition) is 2. The van der Waals surface area contributed by atoms with E-state index in [2.05, 4.69) is 4.98 Å². The number of hydrogen-bond donors (Lipinski definition) is 1. The van der Waals surface area contributed by atoms with Gasteiger partial charge in [0.05, 0.1) is 5.56 Å². The molecule has 0 radical (unpaired) electrons. The number of aromatic nitrogens is 1. The normalized spacial score (nSPS) is 10.2. The lowest BCUT2D eigenvalue weighted by atomic mass is 10.3. The second-order valence-corrected chi connectivity index (χ2v) is 3.61. The Bertz CT molecular complexity index is 534. The van der Waals surface area contributed by atoms with Gasteiger partial charge in [-0.15, -0.1) is 0 Å². The molecule has 4 heteroatoms. The fraction of sp³-hybridized carbons (Fsp3) is 0.154. The minimum absolute atomic E-state index is 0.203. The maximum Gasteiger partial charge on any atom is 0.345 e. The summed E-state index contributed by atoms with van der Waals surface area (Å²) < 4.78 is 17.9. The van der Waals surface area contributed by atoms with Crippen LogP contribution in [-0.2, 0) is 6.42 Å². The van der Waals surface area contributed by atoms with E-state index in [4.69, 9.17) is 4.74 Å². The highest BCUT2D eigenvalue weighted by atomic mass is 19.1. The highest BCUT2D eigenvalue weighted by Gasteiger charge is 2.10. The quantitative estimate of drug-likeness (QED) is 0.654. The molecular formula is C13H12FNO2. The summed E-state index contributed by atoms with van der Waals surface area (Å²) >= 11 is 0. The zero-order chi connectivity index (χ0) is 12.3. The molecule has 1 aromatic heterocycles. The van der Waals surface area contributed by atoms with Crippen LogP contribution in [0.25, 0.3) is 0 Å². The fourth-order valence-electron chi connectivity index (χ4n) is 1.46. The lowest BCUT2D eigenvalue weighted by molar-refractivity contribution is 0.0734. The third-order valence-corrected chi connectivity index (χ3v) is 2.37. The Hall–Kier alpha value is -2.10. The highest BCUT2D eigenvalue weighted by molar-refractivity contribution is 5.91. The predicted octanol–water partition coefficient (Wildman–Crippen LogP) is 2.94. The fourth-order valence-corrected chi connectivity index (χ4v) is 1.46. The van der Waals surface area contributed by atoms with Crippen molar-refractivity contribution in [3.63, 3.8) is 0 Å². The van der Waals surface area contributed by atoms with Crippen LogP contribution in [0.3, 0.4) is 0 Å². The van der Waals surface area contributed by atoms with E-state index in [9.17, 15) is 9.18 Å². The zero-order valence-corrected chi connectivity index (χ0v) is 9.37. The molecule has 0 amide bonds. The van der Waals surface area contributed by atoms with Gasteiger partial charge in [-0.3, -0.25) is 0 Å². The second kappa shape index (κ2) is 4.82. The number of aryl methyl sites for hydroxylation is 1. The molecule has 0 atom stereocenters. The Morgan fingerprint density at radius 2 is 2.24 bits per heavy atom. The number of ether oxygens (including phenoxy) is 1. The maximum absolute atomic E-state index is 12.9. The first-order valence-corrected chi connectivity index (χ1v) is 5.34. The van der Waals surface area contributed by atoms with E-state index in [0.717, 1.165) is 12.1 Å². The van der Waals surface area contributed by atoms with Gasteiger partial charge in [-0.1, -0.05) is 13.0 Å². The first-order chi connectivity index (χ1) is 8.19. The van der Waals surface area contributed by atoms with Crippen molar-refractivity contribution in [2.24, 2.45) is 0 Å². The number of esters is 1. The van der Waals surface area contributed by atoms with Gasteiger partial charge >= 0.3 is 5.97 Å². The summed E-state index contributed by atoms with van der Waals surface area (Å²) in [6, 6.07) is 7.22.